The number of nitrogens with two attached hydrogens (primary N) is 1. The molecule has 0 aliphatic heterocycles. The number of primary sulfonamides is 1. The Balaban J connectivity index is 2.77. The molecule has 0 saturated carbocycles. The zero-order chi connectivity index (χ0) is 15.3. The number of rotatable bonds is 6. The molecular weight excluding hydrogens is 324 g/mol. The third-order valence-electron chi connectivity index (χ3n) is 2.39. The lowest BCUT2D eigenvalue weighted by atomic mass is 10.2. The van der Waals surface area contributed by atoms with Gasteiger partial charge in [-0.15, -0.1) is 0 Å². The van der Waals surface area contributed by atoms with Crippen LogP contribution in [0.2, 0.25) is 5.02 Å². The van der Waals surface area contributed by atoms with E-state index in [1.807, 2.05) is 0 Å². The van der Waals surface area contributed by atoms with Crippen LogP contribution in [0.25, 0.3) is 0 Å². The zero-order valence-corrected chi connectivity index (χ0v) is 13.1. The molecule has 0 aliphatic rings. The van der Waals surface area contributed by atoms with Gasteiger partial charge in [-0.3, -0.25) is 9.00 Å². The average molecular weight is 339 g/mol. The van der Waals surface area contributed by atoms with Gasteiger partial charge >= 0.3 is 0 Å². The Labute approximate surface area is 125 Å². The third kappa shape index (κ3) is 5.20. The van der Waals surface area contributed by atoms with Gasteiger partial charge < -0.3 is 5.32 Å². The first-order chi connectivity index (χ1) is 9.21. The zero-order valence-electron chi connectivity index (χ0n) is 10.8. The summed E-state index contributed by atoms with van der Waals surface area (Å²) in [6.07, 6.45) is 2.16. The van der Waals surface area contributed by atoms with Gasteiger partial charge in [-0.25, -0.2) is 13.6 Å². The summed E-state index contributed by atoms with van der Waals surface area (Å²) in [7, 11) is -4.89. The molecule has 0 bridgehead atoms. The first-order valence-corrected chi connectivity index (χ1v) is 9.27. The molecule has 1 atom stereocenters. The van der Waals surface area contributed by atoms with Crippen molar-refractivity contribution >= 4 is 38.3 Å². The van der Waals surface area contributed by atoms with Crippen molar-refractivity contribution in [3.8, 4) is 0 Å². The molecule has 0 aliphatic carbocycles. The van der Waals surface area contributed by atoms with Gasteiger partial charge in [0, 0.05) is 34.9 Å². The molecule has 0 heterocycles. The third-order valence-corrected chi connectivity index (χ3v) is 4.65. The number of carbonyl (C=O) groups excluding carboxylic acids is 1. The lowest BCUT2D eigenvalue weighted by Gasteiger charge is -2.07. The van der Waals surface area contributed by atoms with Gasteiger partial charge in [0.15, 0.2) is 0 Å². The molecule has 1 amide bonds. The van der Waals surface area contributed by atoms with Crippen LogP contribution in [0.4, 0.5) is 0 Å². The summed E-state index contributed by atoms with van der Waals surface area (Å²) >= 11 is 5.72. The fraction of sp³-hybridized carbons (Fsp3) is 0.364. The van der Waals surface area contributed by atoms with Crippen LogP contribution in [0.15, 0.2) is 23.1 Å². The predicted octanol–water partition coefficient (Wildman–Crippen LogP) is 0.486. The normalized spacial score (nSPS) is 12.9. The lowest BCUT2D eigenvalue weighted by molar-refractivity contribution is 0.0953. The Morgan fingerprint density at radius 1 is 1.45 bits per heavy atom. The van der Waals surface area contributed by atoms with Crippen molar-refractivity contribution in [2.24, 2.45) is 5.14 Å². The number of sulfonamides is 1. The standard InChI is InChI=1S/C11H15ClN2O4S2/c1-19(16)6-2-5-14-11(15)8-3-4-9(12)10(7-8)20(13,17)18/h3-4,7H,2,5-6H2,1H3,(H,14,15)(H2,13,17,18). The molecule has 112 valence electrons. The molecule has 0 aromatic heterocycles. The molecule has 1 aromatic rings. The van der Waals surface area contributed by atoms with Gasteiger partial charge in [-0.05, 0) is 24.6 Å². The van der Waals surface area contributed by atoms with Crippen molar-refractivity contribution in [3.05, 3.63) is 28.8 Å². The average Bonchev–Trinajstić information content (AvgIpc) is 2.33. The molecule has 9 heteroatoms. The molecule has 1 rings (SSSR count). The maximum absolute atomic E-state index is 11.8. The highest BCUT2D eigenvalue weighted by Gasteiger charge is 2.16. The van der Waals surface area contributed by atoms with E-state index >= 15 is 0 Å². The van der Waals surface area contributed by atoms with E-state index in [-0.39, 0.29) is 15.5 Å². The van der Waals surface area contributed by atoms with E-state index in [1.54, 1.807) is 6.26 Å². The van der Waals surface area contributed by atoms with Crippen molar-refractivity contribution in [3.63, 3.8) is 0 Å². The Hall–Kier alpha value is -0.960. The SMILES string of the molecule is CS(=O)CCCNC(=O)c1ccc(Cl)c(S(N)(=O)=O)c1. The Kier molecular flexibility index (Phi) is 6.12. The largest absolute Gasteiger partial charge is 0.352 e. The highest BCUT2D eigenvalue weighted by molar-refractivity contribution is 7.89. The second-order valence-electron chi connectivity index (χ2n) is 4.08. The van der Waals surface area contributed by atoms with Crippen molar-refractivity contribution < 1.29 is 17.4 Å². The maximum atomic E-state index is 11.8. The Morgan fingerprint density at radius 3 is 2.65 bits per heavy atom. The summed E-state index contributed by atoms with van der Waals surface area (Å²) in [4.78, 5) is 11.5. The van der Waals surface area contributed by atoms with Gasteiger partial charge in [0.2, 0.25) is 10.0 Å². The smallest absolute Gasteiger partial charge is 0.251 e. The predicted molar refractivity (Wildman–Crippen MR) is 78.7 cm³/mol. The summed E-state index contributed by atoms with van der Waals surface area (Å²) in [5.41, 5.74) is 0.149. The van der Waals surface area contributed by atoms with Crippen LogP contribution in [0.3, 0.4) is 0 Å². The molecular formula is C11H15ClN2O4S2. The quantitative estimate of drug-likeness (QED) is 0.736. The molecule has 20 heavy (non-hydrogen) atoms. The second-order valence-corrected chi connectivity index (χ2v) is 7.57. The molecule has 1 aromatic carbocycles. The summed E-state index contributed by atoms with van der Waals surface area (Å²) in [6, 6.07) is 3.84. The van der Waals surface area contributed by atoms with Crippen LogP contribution in [0.5, 0.6) is 0 Å². The summed E-state index contributed by atoms with van der Waals surface area (Å²) in [5.74, 6) is 0.0528. The fourth-order valence-corrected chi connectivity index (χ4v) is 3.06. The van der Waals surface area contributed by atoms with Crippen LogP contribution in [-0.2, 0) is 20.8 Å². The van der Waals surface area contributed by atoms with Gasteiger partial charge in [-0.2, -0.15) is 0 Å². The van der Waals surface area contributed by atoms with Crippen molar-refractivity contribution in [1.82, 2.24) is 5.32 Å². The molecule has 6 nitrogen and oxygen atoms in total. The van der Waals surface area contributed by atoms with E-state index in [0.717, 1.165) is 6.07 Å². The van der Waals surface area contributed by atoms with E-state index in [4.69, 9.17) is 16.7 Å². The summed E-state index contributed by atoms with van der Waals surface area (Å²) in [6.45, 7) is 0.353. The Bertz CT molecular complexity index is 631. The number of benzene rings is 1. The first-order valence-electron chi connectivity index (χ1n) is 5.62. The number of hydrogen-bond acceptors (Lipinski definition) is 4. The van der Waals surface area contributed by atoms with Crippen molar-refractivity contribution in [2.75, 3.05) is 18.6 Å². The van der Waals surface area contributed by atoms with E-state index in [1.165, 1.54) is 12.1 Å². The number of amides is 1. The second kappa shape index (κ2) is 7.16. The van der Waals surface area contributed by atoms with Gasteiger partial charge in [0.25, 0.3) is 5.91 Å². The van der Waals surface area contributed by atoms with Crippen LogP contribution in [-0.4, -0.2) is 37.1 Å². The van der Waals surface area contributed by atoms with Crippen molar-refractivity contribution in [2.45, 2.75) is 11.3 Å². The van der Waals surface area contributed by atoms with E-state index in [0.29, 0.717) is 18.7 Å². The first kappa shape index (κ1) is 17.1. The van der Waals surface area contributed by atoms with Crippen LogP contribution >= 0.6 is 11.6 Å². The monoisotopic (exact) mass is 338 g/mol. The highest BCUT2D eigenvalue weighted by atomic mass is 35.5. The van der Waals surface area contributed by atoms with Crippen LogP contribution < -0.4 is 10.5 Å². The number of halogens is 1. The minimum absolute atomic E-state index is 0.0366. The molecule has 3 N–H and O–H groups in total. The lowest BCUT2D eigenvalue weighted by Crippen LogP contribution is -2.25. The summed E-state index contributed by atoms with van der Waals surface area (Å²) in [5, 5.41) is 7.57. The highest BCUT2D eigenvalue weighted by Crippen LogP contribution is 2.21. The number of nitrogens with one attached hydrogen (secondary N) is 1. The van der Waals surface area contributed by atoms with E-state index in [2.05, 4.69) is 5.32 Å². The number of carbonyl (C=O) groups is 1. The molecule has 0 radical (unpaired) electrons. The molecule has 0 fully saturated rings. The molecule has 0 spiro atoms. The minimum atomic E-state index is -3.98. The van der Waals surface area contributed by atoms with Gasteiger partial charge in [0.1, 0.15) is 4.90 Å². The minimum Gasteiger partial charge on any atom is -0.352 e. The fourth-order valence-electron chi connectivity index (χ4n) is 1.44. The maximum Gasteiger partial charge on any atom is 0.251 e. The molecule has 0 saturated heterocycles. The Morgan fingerprint density at radius 2 is 2.10 bits per heavy atom. The van der Waals surface area contributed by atoms with Gasteiger partial charge in [0.05, 0.1) is 5.02 Å². The van der Waals surface area contributed by atoms with E-state index in [9.17, 15) is 17.4 Å². The van der Waals surface area contributed by atoms with Gasteiger partial charge in [-0.1, -0.05) is 11.6 Å². The number of hydrogen-bond donors (Lipinski definition) is 2. The molecule has 1 unspecified atom stereocenters. The van der Waals surface area contributed by atoms with Crippen molar-refractivity contribution in [1.29, 1.82) is 0 Å². The van der Waals surface area contributed by atoms with Crippen LogP contribution in [0.1, 0.15) is 16.8 Å². The topological polar surface area (TPSA) is 106 Å². The summed E-state index contributed by atoms with van der Waals surface area (Å²) < 4.78 is 33.4. The van der Waals surface area contributed by atoms with Crippen LogP contribution in [0, 0.1) is 0 Å². The van der Waals surface area contributed by atoms with E-state index < -0.39 is 26.7 Å².